The third kappa shape index (κ3) is 3.83. The monoisotopic (exact) mass is 316 g/mol. The number of carbonyl (C=O) groups excluding carboxylic acids is 1. The fourth-order valence-corrected chi connectivity index (χ4v) is 2.53. The number of hydrogen-bond acceptors (Lipinski definition) is 3. The molecule has 2 aromatic rings. The van der Waals surface area contributed by atoms with Gasteiger partial charge in [0.1, 0.15) is 5.75 Å². The quantitative estimate of drug-likeness (QED) is 0.888. The van der Waals surface area contributed by atoms with Crippen LogP contribution in [-0.4, -0.2) is 22.9 Å². The molecule has 23 heavy (non-hydrogen) atoms. The van der Waals surface area contributed by atoms with Gasteiger partial charge in [0.2, 0.25) is 0 Å². The highest BCUT2D eigenvalue weighted by atomic mass is 16.5. The molecular weight excluding hydrogens is 292 g/mol. The minimum absolute atomic E-state index is 0.251. The van der Waals surface area contributed by atoms with Crippen LogP contribution in [0.3, 0.4) is 0 Å². The van der Waals surface area contributed by atoms with Crippen LogP contribution in [0, 0.1) is 13.8 Å². The lowest BCUT2D eigenvalue weighted by Gasteiger charge is -2.11. The minimum atomic E-state index is -0.259. The Hall–Kier alpha value is -2.50. The largest absolute Gasteiger partial charge is 0.496 e. The van der Waals surface area contributed by atoms with E-state index in [0.29, 0.717) is 6.54 Å². The molecule has 0 saturated carbocycles. The zero-order valence-electron chi connectivity index (χ0n) is 14.3. The molecule has 0 atom stereocenters. The summed E-state index contributed by atoms with van der Waals surface area (Å²) in [6, 6.07) is 7.60. The fourth-order valence-electron chi connectivity index (χ4n) is 2.53. The predicted octanol–water partition coefficient (Wildman–Crippen LogP) is 3.41. The first-order chi connectivity index (χ1) is 10.9. The van der Waals surface area contributed by atoms with Crippen molar-refractivity contribution in [1.29, 1.82) is 0 Å². The molecule has 0 spiro atoms. The Balaban J connectivity index is 2.03. The normalized spacial score (nSPS) is 10.7. The molecule has 0 aliphatic rings. The molecule has 2 rings (SSSR count). The highest BCUT2D eigenvalue weighted by molar-refractivity contribution is 5.90. The number of hydrogen-bond donors (Lipinski definition) is 2. The van der Waals surface area contributed by atoms with Crippen molar-refractivity contribution in [3.05, 3.63) is 41.2 Å². The molecule has 0 saturated heterocycles. The van der Waals surface area contributed by atoms with Crippen molar-refractivity contribution in [2.45, 2.75) is 40.3 Å². The van der Waals surface area contributed by atoms with E-state index in [1.54, 1.807) is 7.11 Å². The van der Waals surface area contributed by atoms with Gasteiger partial charge in [0, 0.05) is 18.2 Å². The van der Waals surface area contributed by atoms with E-state index in [1.165, 1.54) is 0 Å². The average molecular weight is 316 g/mol. The van der Waals surface area contributed by atoms with Gasteiger partial charge >= 0.3 is 6.03 Å². The Kier molecular flexibility index (Phi) is 5.26. The molecule has 2 amide bonds. The zero-order valence-corrected chi connectivity index (χ0v) is 14.3. The molecule has 1 aromatic heterocycles. The Bertz CT molecular complexity index is 692. The maximum Gasteiger partial charge on any atom is 0.319 e. The molecule has 0 radical (unpaired) electrons. The Morgan fingerprint density at radius 1 is 1.30 bits per heavy atom. The molecule has 0 aliphatic carbocycles. The molecule has 124 valence electrons. The molecule has 0 bridgehead atoms. The van der Waals surface area contributed by atoms with Crippen LogP contribution in [0.2, 0.25) is 0 Å². The van der Waals surface area contributed by atoms with Crippen LogP contribution in [0.25, 0.3) is 0 Å². The zero-order chi connectivity index (χ0) is 17.0. The van der Waals surface area contributed by atoms with Crippen molar-refractivity contribution in [3.63, 3.8) is 0 Å². The number of nitrogens with one attached hydrogen (secondary N) is 2. The van der Waals surface area contributed by atoms with E-state index in [0.717, 1.165) is 28.4 Å². The summed E-state index contributed by atoms with van der Waals surface area (Å²) in [4.78, 5) is 12.2. The van der Waals surface area contributed by atoms with Crippen molar-refractivity contribution in [1.82, 2.24) is 15.1 Å². The van der Waals surface area contributed by atoms with Gasteiger partial charge in [0.05, 0.1) is 24.2 Å². The summed E-state index contributed by atoms with van der Waals surface area (Å²) < 4.78 is 7.19. The Morgan fingerprint density at radius 2 is 2.00 bits per heavy atom. The predicted molar refractivity (Wildman–Crippen MR) is 90.9 cm³/mol. The summed E-state index contributed by atoms with van der Waals surface area (Å²) in [6.45, 7) is 8.36. The summed E-state index contributed by atoms with van der Waals surface area (Å²) in [7, 11) is 1.62. The van der Waals surface area contributed by atoms with E-state index < -0.39 is 0 Å². The van der Waals surface area contributed by atoms with Gasteiger partial charge in [-0.25, -0.2) is 4.79 Å². The summed E-state index contributed by atoms with van der Waals surface area (Å²) in [5.41, 5.74) is 3.45. The van der Waals surface area contributed by atoms with E-state index in [2.05, 4.69) is 29.6 Å². The first-order valence-electron chi connectivity index (χ1n) is 7.66. The Morgan fingerprint density at radius 3 is 2.61 bits per heavy atom. The van der Waals surface area contributed by atoms with Gasteiger partial charge in [-0.1, -0.05) is 18.2 Å². The van der Waals surface area contributed by atoms with Crippen LogP contribution < -0.4 is 15.4 Å². The van der Waals surface area contributed by atoms with Crippen molar-refractivity contribution in [2.24, 2.45) is 0 Å². The summed E-state index contributed by atoms with van der Waals surface area (Å²) >= 11 is 0. The highest BCUT2D eigenvalue weighted by Gasteiger charge is 2.15. The molecule has 0 fully saturated rings. The molecule has 6 nitrogen and oxygen atoms in total. The lowest BCUT2D eigenvalue weighted by atomic mass is 10.2. The number of para-hydroxylation sites is 1. The lowest BCUT2D eigenvalue weighted by molar-refractivity contribution is 0.251. The van der Waals surface area contributed by atoms with Crippen LogP contribution in [0.15, 0.2) is 24.3 Å². The second-order valence-electron chi connectivity index (χ2n) is 5.70. The number of anilines is 1. The summed E-state index contributed by atoms with van der Waals surface area (Å²) in [6.07, 6.45) is 0. The molecule has 0 unspecified atom stereocenters. The number of nitrogens with zero attached hydrogens (tertiary/aromatic N) is 2. The van der Waals surface area contributed by atoms with Crippen LogP contribution in [-0.2, 0) is 6.54 Å². The molecule has 1 aromatic carbocycles. The van der Waals surface area contributed by atoms with Crippen LogP contribution in [0.1, 0.15) is 36.8 Å². The number of urea groups is 1. The van der Waals surface area contributed by atoms with E-state index in [-0.39, 0.29) is 12.1 Å². The van der Waals surface area contributed by atoms with E-state index in [4.69, 9.17) is 4.74 Å². The topological polar surface area (TPSA) is 68.2 Å². The summed E-state index contributed by atoms with van der Waals surface area (Å²) in [5.74, 6) is 0.757. The number of benzene rings is 1. The first kappa shape index (κ1) is 16.9. The number of ether oxygens (including phenoxy) is 1. The summed E-state index contributed by atoms with van der Waals surface area (Å²) in [5, 5.41) is 10.2. The molecular formula is C17H24N4O2. The number of rotatable bonds is 5. The average Bonchev–Trinajstić information content (AvgIpc) is 2.81. The lowest BCUT2D eigenvalue weighted by Crippen LogP contribution is -2.28. The highest BCUT2D eigenvalue weighted by Crippen LogP contribution is 2.22. The number of methoxy groups -OCH3 is 1. The SMILES string of the molecule is COc1ccccc1CNC(=O)Nc1c(C)nn(C(C)C)c1C. The maximum atomic E-state index is 12.2. The smallest absolute Gasteiger partial charge is 0.319 e. The maximum absolute atomic E-state index is 12.2. The third-order valence-corrected chi connectivity index (χ3v) is 3.68. The van der Waals surface area contributed by atoms with Crippen molar-refractivity contribution in [3.8, 4) is 5.75 Å². The number of amides is 2. The standard InChI is InChI=1S/C17H24N4O2/c1-11(2)21-13(4)16(12(3)20-21)19-17(22)18-10-14-8-6-7-9-15(14)23-5/h6-9,11H,10H2,1-5H3,(H2,18,19,22). The van der Waals surface area contributed by atoms with Gasteiger partial charge in [-0.2, -0.15) is 5.10 Å². The van der Waals surface area contributed by atoms with Gasteiger partial charge in [-0.05, 0) is 33.8 Å². The van der Waals surface area contributed by atoms with E-state index >= 15 is 0 Å². The van der Waals surface area contributed by atoms with Crippen LogP contribution >= 0.6 is 0 Å². The van der Waals surface area contributed by atoms with Gasteiger partial charge in [0.15, 0.2) is 0 Å². The Labute approximate surface area is 136 Å². The van der Waals surface area contributed by atoms with Crippen LogP contribution in [0.5, 0.6) is 5.75 Å². The number of aryl methyl sites for hydroxylation is 1. The molecule has 0 aliphatic heterocycles. The van der Waals surface area contributed by atoms with Gasteiger partial charge in [-0.3, -0.25) is 4.68 Å². The molecule has 6 heteroatoms. The number of carbonyl (C=O) groups is 1. The van der Waals surface area contributed by atoms with Gasteiger partial charge in [-0.15, -0.1) is 0 Å². The minimum Gasteiger partial charge on any atom is -0.496 e. The van der Waals surface area contributed by atoms with Gasteiger partial charge < -0.3 is 15.4 Å². The number of aromatic nitrogens is 2. The molecule has 2 N–H and O–H groups in total. The molecule has 1 heterocycles. The van der Waals surface area contributed by atoms with Crippen molar-refractivity contribution < 1.29 is 9.53 Å². The second kappa shape index (κ2) is 7.17. The van der Waals surface area contributed by atoms with Crippen molar-refractivity contribution >= 4 is 11.7 Å². The first-order valence-corrected chi connectivity index (χ1v) is 7.66. The third-order valence-electron chi connectivity index (χ3n) is 3.68. The van der Waals surface area contributed by atoms with E-state index in [1.807, 2.05) is 42.8 Å². The fraction of sp³-hybridized carbons (Fsp3) is 0.412. The second-order valence-corrected chi connectivity index (χ2v) is 5.70. The van der Waals surface area contributed by atoms with Gasteiger partial charge in [0.25, 0.3) is 0 Å². The van der Waals surface area contributed by atoms with E-state index in [9.17, 15) is 4.79 Å². The van der Waals surface area contributed by atoms with Crippen molar-refractivity contribution in [2.75, 3.05) is 12.4 Å². The van der Waals surface area contributed by atoms with Crippen LogP contribution in [0.4, 0.5) is 10.5 Å².